The van der Waals surface area contributed by atoms with Crippen LogP contribution in [0.1, 0.15) is 54.8 Å². The molecule has 2 heterocycles. The summed E-state index contributed by atoms with van der Waals surface area (Å²) in [6.45, 7) is 8.28. The first-order chi connectivity index (χ1) is 14.2. The van der Waals surface area contributed by atoms with Gasteiger partial charge in [0.2, 0.25) is 5.91 Å². The molecule has 7 nitrogen and oxygen atoms in total. The number of amides is 2. The van der Waals surface area contributed by atoms with E-state index in [1.54, 1.807) is 7.05 Å². The van der Waals surface area contributed by atoms with E-state index in [0.717, 1.165) is 36.6 Å². The Bertz CT molecular complexity index is 898. The lowest BCUT2D eigenvalue weighted by Gasteiger charge is -2.29. The quantitative estimate of drug-likeness (QED) is 0.791. The number of aromatic nitrogens is 2. The van der Waals surface area contributed by atoms with Crippen molar-refractivity contribution >= 4 is 11.8 Å². The predicted molar refractivity (Wildman–Crippen MR) is 117 cm³/mol. The van der Waals surface area contributed by atoms with E-state index >= 15 is 0 Å². The molecular weight excluding hydrogens is 378 g/mol. The average Bonchev–Trinajstić information content (AvgIpc) is 2.89. The number of nitrogens with zero attached hydrogens (tertiary/aromatic N) is 3. The fourth-order valence-electron chi connectivity index (χ4n) is 3.91. The molecule has 30 heavy (non-hydrogen) atoms. The van der Waals surface area contributed by atoms with E-state index in [1.807, 2.05) is 39.0 Å². The molecule has 0 bridgehead atoms. The van der Waals surface area contributed by atoms with Gasteiger partial charge in [0.25, 0.3) is 5.91 Å². The van der Waals surface area contributed by atoms with Gasteiger partial charge in [0, 0.05) is 26.6 Å². The first-order valence-electron chi connectivity index (χ1n) is 10.5. The standard InChI is InChI=1S/C23H33N5O2/c1-23(2,3)20(22(30)24-4)26-21(29)19-17-15-27(5)12-9-13-28(17)18(25-19)14-16-10-7-6-8-11-16/h6-8,10-11,20H,9,12-15H2,1-5H3,(H,24,30)(H,26,29)/t20-/m1/s1. The summed E-state index contributed by atoms with van der Waals surface area (Å²) in [4.78, 5) is 32.7. The average molecular weight is 412 g/mol. The summed E-state index contributed by atoms with van der Waals surface area (Å²) in [5.74, 6) is 0.392. The molecule has 1 aromatic carbocycles. The molecular formula is C23H33N5O2. The van der Waals surface area contributed by atoms with Crippen LogP contribution in [0.4, 0.5) is 0 Å². The lowest BCUT2D eigenvalue weighted by molar-refractivity contribution is -0.124. The van der Waals surface area contributed by atoms with Gasteiger partial charge in [-0.1, -0.05) is 51.1 Å². The molecule has 2 N–H and O–H groups in total. The lowest BCUT2D eigenvalue weighted by atomic mass is 9.86. The third-order valence-corrected chi connectivity index (χ3v) is 5.56. The summed E-state index contributed by atoms with van der Waals surface area (Å²) in [6, 6.07) is 9.53. The minimum atomic E-state index is -0.645. The first kappa shape index (κ1) is 22.0. The van der Waals surface area contributed by atoms with Crippen molar-refractivity contribution in [3.05, 3.63) is 53.1 Å². The van der Waals surface area contributed by atoms with Crippen LogP contribution in [0.5, 0.6) is 0 Å². The molecule has 7 heteroatoms. The number of nitrogens with one attached hydrogen (secondary N) is 2. The second kappa shape index (κ2) is 9.00. The highest BCUT2D eigenvalue weighted by molar-refractivity contribution is 5.97. The van der Waals surface area contributed by atoms with E-state index in [2.05, 4.69) is 39.3 Å². The summed E-state index contributed by atoms with van der Waals surface area (Å²) in [5.41, 5.74) is 2.08. The molecule has 1 atom stereocenters. The number of hydrogen-bond donors (Lipinski definition) is 2. The molecule has 162 valence electrons. The number of carbonyl (C=O) groups excluding carboxylic acids is 2. The largest absolute Gasteiger partial charge is 0.357 e. The van der Waals surface area contributed by atoms with Crippen molar-refractivity contribution in [1.29, 1.82) is 0 Å². The zero-order valence-electron chi connectivity index (χ0n) is 18.7. The minimum Gasteiger partial charge on any atom is -0.357 e. The zero-order chi connectivity index (χ0) is 21.9. The van der Waals surface area contributed by atoms with Gasteiger partial charge in [0.05, 0.1) is 5.69 Å². The van der Waals surface area contributed by atoms with Gasteiger partial charge in [0.1, 0.15) is 11.9 Å². The van der Waals surface area contributed by atoms with Gasteiger partial charge >= 0.3 is 0 Å². The van der Waals surface area contributed by atoms with Crippen LogP contribution in [-0.4, -0.2) is 52.9 Å². The van der Waals surface area contributed by atoms with Crippen molar-refractivity contribution in [3.63, 3.8) is 0 Å². The minimum absolute atomic E-state index is 0.206. The number of fused-ring (bicyclic) bond motifs is 1. The monoisotopic (exact) mass is 411 g/mol. The molecule has 0 unspecified atom stereocenters. The number of likely N-dealkylation sites (N-methyl/N-ethyl adjacent to an activating group) is 1. The number of rotatable bonds is 5. The van der Waals surface area contributed by atoms with E-state index in [9.17, 15) is 9.59 Å². The number of hydrogen-bond acceptors (Lipinski definition) is 4. The number of carbonyl (C=O) groups is 2. The predicted octanol–water partition coefficient (Wildman–Crippen LogP) is 2.20. The van der Waals surface area contributed by atoms with Gasteiger partial charge in [-0.15, -0.1) is 0 Å². The van der Waals surface area contributed by atoms with Crippen LogP contribution in [0.2, 0.25) is 0 Å². The summed E-state index contributed by atoms with van der Waals surface area (Å²) in [6.07, 6.45) is 1.68. The second-order valence-electron chi connectivity index (χ2n) is 9.12. The van der Waals surface area contributed by atoms with Crippen LogP contribution < -0.4 is 10.6 Å². The third kappa shape index (κ3) is 4.90. The highest BCUT2D eigenvalue weighted by Crippen LogP contribution is 2.23. The second-order valence-corrected chi connectivity index (χ2v) is 9.12. The van der Waals surface area contributed by atoms with Gasteiger partial charge in [-0.05, 0) is 31.0 Å². The van der Waals surface area contributed by atoms with Gasteiger partial charge < -0.3 is 20.1 Å². The molecule has 1 aliphatic heterocycles. The molecule has 2 amide bonds. The van der Waals surface area contributed by atoms with Crippen LogP contribution >= 0.6 is 0 Å². The highest BCUT2D eigenvalue weighted by atomic mass is 16.2. The topological polar surface area (TPSA) is 79.3 Å². The maximum atomic E-state index is 13.3. The lowest BCUT2D eigenvalue weighted by Crippen LogP contribution is -2.53. The number of imidazole rings is 1. The Morgan fingerprint density at radius 1 is 1.17 bits per heavy atom. The van der Waals surface area contributed by atoms with E-state index in [0.29, 0.717) is 18.7 Å². The van der Waals surface area contributed by atoms with E-state index in [4.69, 9.17) is 4.98 Å². The van der Waals surface area contributed by atoms with Crippen LogP contribution in [-0.2, 0) is 24.3 Å². The van der Waals surface area contributed by atoms with Crippen molar-refractivity contribution in [2.75, 3.05) is 20.6 Å². The highest BCUT2D eigenvalue weighted by Gasteiger charge is 2.34. The molecule has 1 aliphatic rings. The van der Waals surface area contributed by atoms with E-state index in [1.165, 1.54) is 0 Å². The molecule has 0 saturated heterocycles. The summed E-state index contributed by atoms with van der Waals surface area (Å²) in [5, 5.41) is 5.60. The normalized spacial score (nSPS) is 15.8. The van der Waals surface area contributed by atoms with E-state index in [-0.39, 0.29) is 11.8 Å². The van der Waals surface area contributed by atoms with Crippen molar-refractivity contribution < 1.29 is 9.59 Å². The SMILES string of the molecule is CNC(=O)[C@@H](NC(=O)c1nc(Cc2ccccc2)n2c1CN(C)CCC2)C(C)(C)C. The maximum Gasteiger partial charge on any atom is 0.272 e. The van der Waals surface area contributed by atoms with Crippen molar-refractivity contribution in [1.82, 2.24) is 25.1 Å². The fourth-order valence-corrected chi connectivity index (χ4v) is 3.91. The van der Waals surface area contributed by atoms with Crippen LogP contribution in [0.15, 0.2) is 30.3 Å². The van der Waals surface area contributed by atoms with Crippen LogP contribution in [0, 0.1) is 5.41 Å². The first-order valence-corrected chi connectivity index (χ1v) is 10.5. The summed E-state index contributed by atoms with van der Waals surface area (Å²) >= 11 is 0. The Morgan fingerprint density at radius 3 is 2.50 bits per heavy atom. The molecule has 1 aromatic heterocycles. The zero-order valence-corrected chi connectivity index (χ0v) is 18.7. The Hall–Kier alpha value is -2.67. The van der Waals surface area contributed by atoms with Gasteiger partial charge in [0.15, 0.2) is 5.69 Å². The smallest absolute Gasteiger partial charge is 0.272 e. The summed E-state index contributed by atoms with van der Waals surface area (Å²) in [7, 11) is 3.65. The molecule has 0 radical (unpaired) electrons. The molecule has 0 spiro atoms. The van der Waals surface area contributed by atoms with Gasteiger partial charge in [-0.25, -0.2) is 4.98 Å². The van der Waals surface area contributed by atoms with Crippen molar-refractivity contribution in [3.8, 4) is 0 Å². The summed E-state index contributed by atoms with van der Waals surface area (Å²) < 4.78 is 2.19. The molecule has 0 aliphatic carbocycles. The Kier molecular flexibility index (Phi) is 6.61. The van der Waals surface area contributed by atoms with Crippen molar-refractivity contribution in [2.45, 2.75) is 52.7 Å². The Labute approximate surface area is 178 Å². The third-order valence-electron chi connectivity index (χ3n) is 5.56. The van der Waals surface area contributed by atoms with Gasteiger partial charge in [-0.2, -0.15) is 0 Å². The van der Waals surface area contributed by atoms with Crippen LogP contribution in [0.3, 0.4) is 0 Å². The molecule has 0 fully saturated rings. The van der Waals surface area contributed by atoms with Crippen molar-refractivity contribution in [2.24, 2.45) is 5.41 Å². The van der Waals surface area contributed by atoms with Gasteiger partial charge in [-0.3, -0.25) is 9.59 Å². The maximum absolute atomic E-state index is 13.3. The van der Waals surface area contributed by atoms with E-state index < -0.39 is 11.5 Å². The molecule has 0 saturated carbocycles. The number of benzene rings is 1. The van der Waals surface area contributed by atoms with Crippen LogP contribution in [0.25, 0.3) is 0 Å². The Balaban J connectivity index is 1.97. The Morgan fingerprint density at radius 2 is 1.87 bits per heavy atom. The molecule has 2 aromatic rings. The molecule has 3 rings (SSSR count). The fraction of sp³-hybridized carbons (Fsp3) is 0.522.